The van der Waals surface area contributed by atoms with Gasteiger partial charge in [0.2, 0.25) is 0 Å². The van der Waals surface area contributed by atoms with E-state index in [0.717, 1.165) is 16.8 Å². The molecule has 0 aliphatic carbocycles. The molecule has 0 aliphatic heterocycles. The van der Waals surface area contributed by atoms with E-state index in [1.54, 1.807) is 19.1 Å². The molecule has 0 bridgehead atoms. The molecule has 0 aromatic heterocycles. The smallest absolute Gasteiger partial charge is 0.265 e. The number of carbonyl (C=O) groups excluding carboxylic acids is 1. The summed E-state index contributed by atoms with van der Waals surface area (Å²) < 4.78 is 5.74. The van der Waals surface area contributed by atoms with Crippen LogP contribution in [0.25, 0.3) is 0 Å². The molecule has 0 aliphatic rings. The molecule has 0 radical (unpaired) electrons. The second-order valence-electron chi connectivity index (χ2n) is 4.91. The molecule has 0 spiro atoms. The Labute approximate surface area is 129 Å². The highest BCUT2D eigenvalue weighted by Gasteiger charge is 2.16. The molecule has 4 heteroatoms. The number of benzene rings is 2. The van der Waals surface area contributed by atoms with Crippen LogP contribution in [0.15, 0.2) is 42.5 Å². The van der Waals surface area contributed by atoms with Gasteiger partial charge in [-0.15, -0.1) is 0 Å². The van der Waals surface area contributed by atoms with Gasteiger partial charge in [-0.25, -0.2) is 0 Å². The van der Waals surface area contributed by atoms with Crippen molar-refractivity contribution in [1.82, 2.24) is 0 Å². The van der Waals surface area contributed by atoms with Gasteiger partial charge in [-0.2, -0.15) is 0 Å². The van der Waals surface area contributed by atoms with Gasteiger partial charge in [0.1, 0.15) is 5.75 Å². The molecule has 1 atom stereocenters. The number of amides is 1. The predicted molar refractivity (Wildman–Crippen MR) is 86.1 cm³/mol. The average Bonchev–Trinajstić information content (AvgIpc) is 2.48. The van der Waals surface area contributed by atoms with Crippen LogP contribution >= 0.6 is 11.6 Å². The number of carbonyl (C=O) groups is 1. The minimum atomic E-state index is -0.593. The molecule has 0 fully saturated rings. The van der Waals surface area contributed by atoms with Crippen molar-refractivity contribution in [2.24, 2.45) is 0 Å². The number of rotatable bonds is 4. The maximum atomic E-state index is 12.1. The van der Waals surface area contributed by atoms with Crippen LogP contribution in [0.2, 0.25) is 5.02 Å². The molecule has 2 aromatic rings. The SMILES string of the molecule is Cc1c(Cl)ccc(OC(C)C(=O)Nc2ccccc2)c1C. The first-order chi connectivity index (χ1) is 9.99. The fourth-order valence-corrected chi connectivity index (χ4v) is 2.10. The van der Waals surface area contributed by atoms with E-state index < -0.39 is 6.10 Å². The van der Waals surface area contributed by atoms with E-state index in [-0.39, 0.29) is 5.91 Å². The molecule has 0 saturated heterocycles. The lowest BCUT2D eigenvalue weighted by atomic mass is 10.1. The third-order valence-electron chi connectivity index (χ3n) is 3.39. The Morgan fingerprint density at radius 2 is 1.76 bits per heavy atom. The van der Waals surface area contributed by atoms with Gasteiger partial charge in [-0.3, -0.25) is 4.79 Å². The summed E-state index contributed by atoms with van der Waals surface area (Å²) in [5, 5.41) is 3.51. The van der Waals surface area contributed by atoms with E-state index in [2.05, 4.69) is 5.32 Å². The fourth-order valence-electron chi connectivity index (χ4n) is 1.90. The lowest BCUT2D eigenvalue weighted by molar-refractivity contribution is -0.122. The molecule has 2 rings (SSSR count). The lowest BCUT2D eigenvalue weighted by Gasteiger charge is -2.17. The molecule has 1 unspecified atom stereocenters. The number of halogens is 1. The Balaban J connectivity index is 2.06. The highest BCUT2D eigenvalue weighted by molar-refractivity contribution is 6.31. The van der Waals surface area contributed by atoms with Crippen molar-refractivity contribution >= 4 is 23.2 Å². The maximum absolute atomic E-state index is 12.1. The first-order valence-corrected chi connectivity index (χ1v) is 7.15. The predicted octanol–water partition coefficient (Wildman–Crippen LogP) is 4.36. The second-order valence-corrected chi connectivity index (χ2v) is 5.32. The zero-order valence-electron chi connectivity index (χ0n) is 12.3. The van der Waals surface area contributed by atoms with Crippen molar-refractivity contribution in [2.45, 2.75) is 26.9 Å². The summed E-state index contributed by atoms with van der Waals surface area (Å²) in [5.41, 5.74) is 2.66. The molecule has 3 nitrogen and oxygen atoms in total. The summed E-state index contributed by atoms with van der Waals surface area (Å²) in [6, 6.07) is 12.9. The zero-order valence-corrected chi connectivity index (χ0v) is 13.1. The molecule has 2 aromatic carbocycles. The van der Waals surface area contributed by atoms with Crippen molar-refractivity contribution in [3.8, 4) is 5.75 Å². The molecule has 1 amide bonds. The number of nitrogens with one attached hydrogen (secondary N) is 1. The Morgan fingerprint density at radius 3 is 2.43 bits per heavy atom. The van der Waals surface area contributed by atoms with Crippen LogP contribution in [-0.4, -0.2) is 12.0 Å². The van der Waals surface area contributed by atoms with Crippen LogP contribution in [0.1, 0.15) is 18.1 Å². The molecular formula is C17H18ClNO2. The quantitative estimate of drug-likeness (QED) is 0.911. The van der Waals surface area contributed by atoms with Gasteiger partial charge in [-0.1, -0.05) is 29.8 Å². The van der Waals surface area contributed by atoms with Crippen molar-refractivity contribution in [1.29, 1.82) is 0 Å². The van der Waals surface area contributed by atoms with Crippen LogP contribution in [0, 0.1) is 13.8 Å². The average molecular weight is 304 g/mol. The third kappa shape index (κ3) is 3.76. The fraction of sp³-hybridized carbons (Fsp3) is 0.235. The Morgan fingerprint density at radius 1 is 1.10 bits per heavy atom. The van der Waals surface area contributed by atoms with Gasteiger partial charge in [0.15, 0.2) is 6.10 Å². The van der Waals surface area contributed by atoms with Crippen LogP contribution < -0.4 is 10.1 Å². The minimum Gasteiger partial charge on any atom is -0.481 e. The normalized spacial score (nSPS) is 11.8. The van der Waals surface area contributed by atoms with Gasteiger partial charge in [0, 0.05) is 10.7 Å². The summed E-state index contributed by atoms with van der Waals surface area (Å²) in [7, 11) is 0. The van der Waals surface area contributed by atoms with Crippen LogP contribution in [0.5, 0.6) is 5.75 Å². The number of hydrogen-bond donors (Lipinski definition) is 1. The zero-order chi connectivity index (χ0) is 15.4. The van der Waals surface area contributed by atoms with Crippen LogP contribution in [0.3, 0.4) is 0 Å². The molecule has 21 heavy (non-hydrogen) atoms. The minimum absolute atomic E-state index is 0.187. The highest BCUT2D eigenvalue weighted by Crippen LogP contribution is 2.28. The Kier molecular flexibility index (Phi) is 4.86. The van der Waals surface area contributed by atoms with Gasteiger partial charge >= 0.3 is 0 Å². The van der Waals surface area contributed by atoms with Crippen molar-refractivity contribution in [3.05, 3.63) is 58.6 Å². The topological polar surface area (TPSA) is 38.3 Å². The molecule has 1 N–H and O–H groups in total. The monoisotopic (exact) mass is 303 g/mol. The van der Waals surface area contributed by atoms with E-state index >= 15 is 0 Å². The molecular weight excluding hydrogens is 286 g/mol. The Hall–Kier alpha value is -2.00. The van der Waals surface area contributed by atoms with E-state index in [1.807, 2.05) is 44.2 Å². The first-order valence-electron chi connectivity index (χ1n) is 6.77. The molecule has 0 saturated carbocycles. The summed E-state index contributed by atoms with van der Waals surface area (Å²) >= 11 is 6.06. The molecule has 0 heterocycles. The largest absolute Gasteiger partial charge is 0.481 e. The van der Waals surface area contributed by atoms with Gasteiger partial charge < -0.3 is 10.1 Å². The standard InChI is InChI=1S/C17H18ClNO2/c1-11-12(2)16(10-9-15(11)18)21-13(3)17(20)19-14-7-5-4-6-8-14/h4-10,13H,1-3H3,(H,19,20). The lowest BCUT2D eigenvalue weighted by Crippen LogP contribution is -2.30. The van der Waals surface area contributed by atoms with E-state index in [0.29, 0.717) is 10.8 Å². The van der Waals surface area contributed by atoms with E-state index in [9.17, 15) is 4.79 Å². The van der Waals surface area contributed by atoms with E-state index in [1.165, 1.54) is 0 Å². The first kappa shape index (κ1) is 15.4. The summed E-state index contributed by atoms with van der Waals surface area (Å²) in [5.74, 6) is 0.487. The van der Waals surface area contributed by atoms with Crippen molar-refractivity contribution < 1.29 is 9.53 Å². The summed E-state index contributed by atoms with van der Waals surface area (Å²) in [6.45, 7) is 5.58. The third-order valence-corrected chi connectivity index (χ3v) is 3.80. The second kappa shape index (κ2) is 6.64. The summed E-state index contributed by atoms with van der Waals surface area (Å²) in [4.78, 5) is 12.1. The van der Waals surface area contributed by atoms with Gasteiger partial charge in [-0.05, 0) is 56.2 Å². The number of anilines is 1. The number of hydrogen-bond acceptors (Lipinski definition) is 2. The van der Waals surface area contributed by atoms with Crippen LogP contribution in [-0.2, 0) is 4.79 Å². The van der Waals surface area contributed by atoms with E-state index in [4.69, 9.17) is 16.3 Å². The van der Waals surface area contributed by atoms with Gasteiger partial charge in [0.25, 0.3) is 5.91 Å². The number of para-hydroxylation sites is 1. The van der Waals surface area contributed by atoms with Crippen LogP contribution in [0.4, 0.5) is 5.69 Å². The van der Waals surface area contributed by atoms with Crippen molar-refractivity contribution in [2.75, 3.05) is 5.32 Å². The molecule has 110 valence electrons. The summed E-state index contributed by atoms with van der Waals surface area (Å²) in [6.07, 6.45) is -0.593. The maximum Gasteiger partial charge on any atom is 0.265 e. The highest BCUT2D eigenvalue weighted by atomic mass is 35.5. The van der Waals surface area contributed by atoms with Crippen molar-refractivity contribution in [3.63, 3.8) is 0 Å². The number of ether oxygens (including phenoxy) is 1. The van der Waals surface area contributed by atoms with Gasteiger partial charge in [0.05, 0.1) is 0 Å². The Bertz CT molecular complexity index is 641.